The molecule has 0 bridgehead atoms. The standard InChI is InChI=1S/C23H25ClN2O4/c1-22(2,3)30-21(27)26-12-10-15(11-13-26)17-6-5-7-18-20(17)29-23(4,28-18)19-9-8-16(24)14-25-19/h5-10,12,14-15H,11,13H2,1-4H3/t15-,23-/m0/s1. The molecule has 7 heteroatoms. The lowest BCUT2D eigenvalue weighted by Gasteiger charge is -2.29. The van der Waals surface area contributed by atoms with Crippen LogP contribution in [0, 0.1) is 0 Å². The zero-order chi connectivity index (χ0) is 21.5. The minimum absolute atomic E-state index is 0.0998. The second kappa shape index (κ2) is 7.51. The molecule has 2 aromatic rings. The van der Waals surface area contributed by atoms with Crippen LogP contribution in [0.1, 0.15) is 51.3 Å². The van der Waals surface area contributed by atoms with Crippen LogP contribution in [0.4, 0.5) is 4.79 Å². The van der Waals surface area contributed by atoms with Gasteiger partial charge in [0.15, 0.2) is 11.5 Å². The number of benzene rings is 1. The van der Waals surface area contributed by atoms with Gasteiger partial charge in [-0.2, -0.15) is 0 Å². The van der Waals surface area contributed by atoms with Gasteiger partial charge in [0.2, 0.25) is 0 Å². The van der Waals surface area contributed by atoms with Crippen LogP contribution in [0.5, 0.6) is 11.5 Å². The molecule has 0 aliphatic carbocycles. The zero-order valence-corrected chi connectivity index (χ0v) is 18.3. The van der Waals surface area contributed by atoms with Crippen LogP contribution in [0.15, 0.2) is 48.8 Å². The minimum atomic E-state index is -1.02. The maximum atomic E-state index is 12.3. The van der Waals surface area contributed by atoms with E-state index in [0.717, 1.165) is 12.0 Å². The molecule has 0 radical (unpaired) electrons. The smallest absolute Gasteiger partial charge is 0.414 e. The Morgan fingerprint density at radius 1 is 1.27 bits per heavy atom. The van der Waals surface area contributed by atoms with Crippen molar-refractivity contribution in [3.8, 4) is 11.5 Å². The lowest BCUT2D eigenvalue weighted by atomic mass is 9.92. The largest absolute Gasteiger partial charge is 0.443 e. The lowest BCUT2D eigenvalue weighted by Crippen LogP contribution is -2.36. The van der Waals surface area contributed by atoms with Crippen LogP contribution in [-0.4, -0.2) is 28.1 Å². The molecule has 2 atom stereocenters. The second-order valence-electron chi connectivity index (χ2n) is 8.60. The Kier molecular flexibility index (Phi) is 5.14. The monoisotopic (exact) mass is 428 g/mol. The van der Waals surface area contributed by atoms with Gasteiger partial charge in [-0.3, -0.25) is 9.88 Å². The fraction of sp³-hybridized carbons (Fsp3) is 0.391. The van der Waals surface area contributed by atoms with Gasteiger partial charge in [0, 0.05) is 37.3 Å². The normalized spacial score (nSPS) is 22.8. The maximum absolute atomic E-state index is 12.3. The van der Waals surface area contributed by atoms with Crippen LogP contribution in [0.2, 0.25) is 5.02 Å². The van der Waals surface area contributed by atoms with E-state index in [-0.39, 0.29) is 12.0 Å². The van der Waals surface area contributed by atoms with Crippen molar-refractivity contribution in [3.05, 3.63) is 65.1 Å². The number of pyridine rings is 1. The number of aromatic nitrogens is 1. The van der Waals surface area contributed by atoms with E-state index in [9.17, 15) is 4.79 Å². The molecule has 4 rings (SSSR count). The van der Waals surface area contributed by atoms with Gasteiger partial charge in [-0.1, -0.05) is 29.8 Å². The highest BCUT2D eigenvalue weighted by Crippen LogP contribution is 2.48. The molecule has 1 aromatic carbocycles. The van der Waals surface area contributed by atoms with Crippen molar-refractivity contribution < 1.29 is 19.0 Å². The summed E-state index contributed by atoms with van der Waals surface area (Å²) in [6.45, 7) is 7.99. The van der Waals surface area contributed by atoms with Crippen LogP contribution in [-0.2, 0) is 10.5 Å². The number of para-hydroxylation sites is 1. The molecule has 1 amide bonds. The Morgan fingerprint density at radius 3 is 2.70 bits per heavy atom. The molecule has 30 heavy (non-hydrogen) atoms. The van der Waals surface area contributed by atoms with Gasteiger partial charge in [0.05, 0.1) is 5.02 Å². The molecule has 2 aliphatic heterocycles. The number of nitrogens with zero attached hydrogens (tertiary/aromatic N) is 2. The topological polar surface area (TPSA) is 60.9 Å². The Bertz CT molecular complexity index is 984. The summed E-state index contributed by atoms with van der Waals surface area (Å²) in [7, 11) is 0. The van der Waals surface area contributed by atoms with E-state index >= 15 is 0 Å². The number of fused-ring (bicyclic) bond motifs is 1. The number of ether oxygens (including phenoxy) is 3. The molecule has 6 nitrogen and oxygen atoms in total. The van der Waals surface area contributed by atoms with Gasteiger partial charge in [0.25, 0.3) is 5.79 Å². The SMILES string of the molecule is CC(C)(C)OC(=O)N1C=C[C@H](c2cccc3c2O[C@@](C)(c2ccc(Cl)cn2)O3)CC1. The van der Waals surface area contributed by atoms with Crippen molar-refractivity contribution in [2.75, 3.05) is 6.54 Å². The predicted molar refractivity (Wildman–Crippen MR) is 114 cm³/mol. The molecular formula is C23H25ClN2O4. The Morgan fingerprint density at radius 2 is 2.07 bits per heavy atom. The van der Waals surface area contributed by atoms with E-state index in [4.69, 9.17) is 25.8 Å². The third-order valence-electron chi connectivity index (χ3n) is 5.01. The second-order valence-corrected chi connectivity index (χ2v) is 9.03. The highest BCUT2D eigenvalue weighted by Gasteiger charge is 2.42. The summed E-state index contributed by atoms with van der Waals surface area (Å²) in [6.07, 6.45) is 5.79. The molecule has 158 valence electrons. The average molecular weight is 429 g/mol. The van der Waals surface area contributed by atoms with Crippen LogP contribution in [0.3, 0.4) is 0 Å². The first-order valence-corrected chi connectivity index (χ1v) is 10.3. The van der Waals surface area contributed by atoms with Crippen LogP contribution >= 0.6 is 11.6 Å². The summed E-state index contributed by atoms with van der Waals surface area (Å²) in [5.74, 6) is 0.457. The van der Waals surface area contributed by atoms with Crippen molar-refractivity contribution in [1.29, 1.82) is 0 Å². The fourth-order valence-corrected chi connectivity index (χ4v) is 3.69. The summed E-state index contributed by atoms with van der Waals surface area (Å²) in [5.41, 5.74) is 1.14. The fourth-order valence-electron chi connectivity index (χ4n) is 3.58. The van der Waals surface area contributed by atoms with Crippen molar-refractivity contribution >= 4 is 17.7 Å². The number of rotatable bonds is 2. The van der Waals surface area contributed by atoms with Gasteiger partial charge in [-0.05, 0) is 45.4 Å². The Balaban J connectivity index is 1.54. The van der Waals surface area contributed by atoms with E-state index in [2.05, 4.69) is 4.98 Å². The summed E-state index contributed by atoms with van der Waals surface area (Å²) in [6, 6.07) is 9.43. The highest BCUT2D eigenvalue weighted by molar-refractivity contribution is 6.30. The molecule has 3 heterocycles. The summed E-state index contributed by atoms with van der Waals surface area (Å²) in [5, 5.41) is 0.556. The van der Waals surface area contributed by atoms with Gasteiger partial charge in [0.1, 0.15) is 11.3 Å². The molecular weight excluding hydrogens is 404 g/mol. The van der Waals surface area contributed by atoms with Crippen molar-refractivity contribution in [2.24, 2.45) is 0 Å². The number of hydrogen-bond acceptors (Lipinski definition) is 5. The van der Waals surface area contributed by atoms with Crippen LogP contribution < -0.4 is 9.47 Å². The number of carbonyl (C=O) groups excluding carboxylic acids is 1. The van der Waals surface area contributed by atoms with E-state index < -0.39 is 11.4 Å². The summed E-state index contributed by atoms with van der Waals surface area (Å²) >= 11 is 5.96. The molecule has 0 spiro atoms. The van der Waals surface area contributed by atoms with E-state index in [1.165, 1.54) is 0 Å². The minimum Gasteiger partial charge on any atom is -0.443 e. The third-order valence-corrected chi connectivity index (χ3v) is 5.23. The van der Waals surface area contributed by atoms with Crippen molar-refractivity contribution in [1.82, 2.24) is 9.88 Å². The maximum Gasteiger partial charge on any atom is 0.414 e. The molecule has 2 aliphatic rings. The Hall–Kier alpha value is -2.73. The molecule has 0 fully saturated rings. The number of hydrogen-bond donors (Lipinski definition) is 0. The van der Waals surface area contributed by atoms with Gasteiger partial charge >= 0.3 is 6.09 Å². The molecule has 0 saturated carbocycles. The first-order chi connectivity index (χ1) is 14.1. The average Bonchev–Trinajstić information content (AvgIpc) is 3.04. The van der Waals surface area contributed by atoms with Gasteiger partial charge in [-0.25, -0.2) is 4.79 Å². The van der Waals surface area contributed by atoms with E-state index in [1.54, 1.807) is 29.4 Å². The first-order valence-electron chi connectivity index (χ1n) is 9.95. The molecule has 0 unspecified atom stereocenters. The summed E-state index contributed by atoms with van der Waals surface area (Å²) in [4.78, 5) is 18.3. The van der Waals surface area contributed by atoms with E-state index in [0.29, 0.717) is 28.8 Å². The lowest BCUT2D eigenvalue weighted by molar-refractivity contribution is -0.0721. The van der Waals surface area contributed by atoms with Gasteiger partial charge in [-0.15, -0.1) is 0 Å². The predicted octanol–water partition coefficient (Wildman–Crippen LogP) is 5.62. The quantitative estimate of drug-likeness (QED) is 0.621. The number of allylic oxidation sites excluding steroid dienone is 1. The molecule has 0 saturated heterocycles. The third kappa shape index (κ3) is 4.10. The van der Waals surface area contributed by atoms with E-state index in [1.807, 2.05) is 52.0 Å². The van der Waals surface area contributed by atoms with Crippen molar-refractivity contribution in [3.63, 3.8) is 0 Å². The van der Waals surface area contributed by atoms with Gasteiger partial charge < -0.3 is 14.2 Å². The molecule has 0 N–H and O–H groups in total. The highest BCUT2D eigenvalue weighted by atomic mass is 35.5. The number of carbonyl (C=O) groups is 1. The number of halogens is 1. The van der Waals surface area contributed by atoms with Crippen LogP contribution in [0.25, 0.3) is 0 Å². The first kappa shape index (κ1) is 20.5. The summed E-state index contributed by atoms with van der Waals surface area (Å²) < 4.78 is 17.9. The van der Waals surface area contributed by atoms with Crippen molar-refractivity contribution in [2.45, 2.75) is 51.4 Å². The number of amides is 1. The molecule has 1 aromatic heterocycles. The Labute approximate surface area is 181 Å². The zero-order valence-electron chi connectivity index (χ0n) is 17.5.